The van der Waals surface area contributed by atoms with Crippen molar-refractivity contribution in [2.75, 3.05) is 26.2 Å². The van der Waals surface area contributed by atoms with Crippen LogP contribution in [0.1, 0.15) is 24.5 Å². The molecule has 1 aliphatic rings. The van der Waals surface area contributed by atoms with Crippen LogP contribution in [0.3, 0.4) is 0 Å². The minimum atomic E-state index is -0.286. The summed E-state index contributed by atoms with van der Waals surface area (Å²) < 4.78 is 26.1. The lowest BCUT2D eigenvalue weighted by Gasteiger charge is -2.21. The minimum absolute atomic E-state index is 0.0135. The van der Waals surface area contributed by atoms with Crippen LogP contribution in [0.5, 0.6) is 0 Å². The second-order valence-electron chi connectivity index (χ2n) is 6.92. The molecule has 1 fully saturated rings. The summed E-state index contributed by atoms with van der Waals surface area (Å²) in [5.41, 5.74) is 2.74. The normalized spacial score (nSPS) is 16.3. The molecule has 0 N–H and O–H groups in total. The Labute approximate surface area is 158 Å². The molecule has 3 nitrogen and oxygen atoms in total. The zero-order valence-electron chi connectivity index (χ0n) is 15.5. The average Bonchev–Trinajstić information content (AvgIpc) is 2.90. The first-order valence-corrected chi connectivity index (χ1v) is 9.21. The van der Waals surface area contributed by atoms with Crippen molar-refractivity contribution in [1.82, 2.24) is 9.80 Å². The maximum Gasteiger partial charge on any atom is 0.246 e. The molecule has 1 saturated heterocycles. The summed E-state index contributed by atoms with van der Waals surface area (Å²) in [6.45, 7) is 5.68. The second kappa shape index (κ2) is 8.91. The number of amides is 1. The van der Waals surface area contributed by atoms with Gasteiger partial charge in [0.2, 0.25) is 5.91 Å². The molecule has 3 rings (SSSR count). The van der Waals surface area contributed by atoms with Crippen LogP contribution in [0, 0.1) is 11.6 Å². The molecule has 0 unspecified atom stereocenters. The molecule has 1 heterocycles. The van der Waals surface area contributed by atoms with Gasteiger partial charge in [0, 0.05) is 38.8 Å². The molecular weight excluding hydrogens is 346 g/mol. The van der Waals surface area contributed by atoms with Gasteiger partial charge in [-0.15, -0.1) is 0 Å². The predicted molar refractivity (Wildman–Crippen MR) is 103 cm³/mol. The maximum atomic E-state index is 13.0. The van der Waals surface area contributed by atoms with Crippen molar-refractivity contribution >= 4 is 11.5 Å². The Morgan fingerprint density at radius 2 is 1.56 bits per heavy atom. The summed E-state index contributed by atoms with van der Waals surface area (Å²) in [4.78, 5) is 16.8. The highest BCUT2D eigenvalue weighted by Crippen LogP contribution is 2.16. The highest BCUT2D eigenvalue weighted by Gasteiger charge is 2.18. The van der Waals surface area contributed by atoms with E-state index >= 15 is 0 Å². The summed E-state index contributed by atoms with van der Waals surface area (Å²) in [6, 6.07) is 12.7. The molecule has 1 aliphatic heterocycles. The van der Waals surface area contributed by atoms with Crippen molar-refractivity contribution in [3.8, 4) is 0 Å². The molecule has 0 saturated carbocycles. The Hall–Kier alpha value is -2.53. The molecule has 27 heavy (non-hydrogen) atoms. The van der Waals surface area contributed by atoms with Gasteiger partial charge in [-0.2, -0.15) is 0 Å². The fourth-order valence-corrected chi connectivity index (χ4v) is 3.27. The average molecular weight is 370 g/mol. The number of hydrogen-bond acceptors (Lipinski definition) is 2. The fraction of sp³-hybridized carbons (Fsp3) is 0.318. The first-order chi connectivity index (χ1) is 13.0. The largest absolute Gasteiger partial charge is 0.338 e. The first kappa shape index (κ1) is 19.2. The highest BCUT2D eigenvalue weighted by atomic mass is 19.1. The van der Waals surface area contributed by atoms with E-state index in [1.807, 2.05) is 11.8 Å². The number of halogens is 2. The van der Waals surface area contributed by atoms with Crippen LogP contribution in [-0.4, -0.2) is 41.9 Å². The van der Waals surface area contributed by atoms with Gasteiger partial charge in [-0.25, -0.2) is 8.78 Å². The number of nitrogens with zero attached hydrogens (tertiary/aromatic N) is 2. The van der Waals surface area contributed by atoms with E-state index < -0.39 is 0 Å². The fourth-order valence-electron chi connectivity index (χ4n) is 3.27. The molecule has 0 aromatic heterocycles. The molecule has 0 aliphatic carbocycles. The monoisotopic (exact) mass is 370 g/mol. The quantitative estimate of drug-likeness (QED) is 0.757. The predicted octanol–water partition coefficient (Wildman–Crippen LogP) is 4.10. The Morgan fingerprint density at radius 1 is 0.926 bits per heavy atom. The van der Waals surface area contributed by atoms with E-state index in [2.05, 4.69) is 4.90 Å². The van der Waals surface area contributed by atoms with Crippen molar-refractivity contribution in [2.45, 2.75) is 19.9 Å². The number of carbonyl (C=O) groups is 1. The van der Waals surface area contributed by atoms with Gasteiger partial charge in [-0.1, -0.05) is 24.3 Å². The van der Waals surface area contributed by atoms with Crippen molar-refractivity contribution in [3.05, 3.63) is 77.4 Å². The highest BCUT2D eigenvalue weighted by molar-refractivity contribution is 5.94. The molecule has 142 valence electrons. The molecule has 0 atom stereocenters. The molecular formula is C22H24F2N2O. The smallest absolute Gasteiger partial charge is 0.246 e. The van der Waals surface area contributed by atoms with Gasteiger partial charge >= 0.3 is 0 Å². The van der Waals surface area contributed by atoms with Crippen molar-refractivity contribution < 1.29 is 13.6 Å². The Bertz CT molecular complexity index is 800. The molecule has 5 heteroatoms. The van der Waals surface area contributed by atoms with Gasteiger partial charge < -0.3 is 4.90 Å². The van der Waals surface area contributed by atoms with E-state index in [-0.39, 0.29) is 17.5 Å². The van der Waals surface area contributed by atoms with Crippen LogP contribution in [0.25, 0.3) is 5.57 Å². The van der Waals surface area contributed by atoms with Crippen molar-refractivity contribution in [3.63, 3.8) is 0 Å². The number of allylic oxidation sites excluding steroid dienone is 1. The maximum absolute atomic E-state index is 13.0. The van der Waals surface area contributed by atoms with Crippen LogP contribution in [0.2, 0.25) is 0 Å². The zero-order chi connectivity index (χ0) is 19.2. The Morgan fingerprint density at radius 3 is 2.22 bits per heavy atom. The molecule has 2 aromatic rings. The van der Waals surface area contributed by atoms with Gasteiger partial charge in [0.1, 0.15) is 11.6 Å². The first-order valence-electron chi connectivity index (χ1n) is 9.21. The number of hydrogen-bond donors (Lipinski definition) is 0. The molecule has 0 radical (unpaired) electrons. The lowest BCUT2D eigenvalue weighted by molar-refractivity contribution is -0.125. The number of benzene rings is 2. The van der Waals surface area contributed by atoms with E-state index in [0.717, 1.165) is 42.8 Å². The Balaban J connectivity index is 1.58. The SMILES string of the molecule is C/C(=C/C(=O)N1CCCN(Cc2ccc(F)cc2)CC1)c1ccc(F)cc1. The third-order valence-corrected chi connectivity index (χ3v) is 4.86. The summed E-state index contributed by atoms with van der Waals surface area (Å²) in [7, 11) is 0. The van der Waals surface area contributed by atoms with E-state index in [1.165, 1.54) is 24.3 Å². The summed E-state index contributed by atoms with van der Waals surface area (Å²) >= 11 is 0. The van der Waals surface area contributed by atoms with Crippen molar-refractivity contribution in [2.24, 2.45) is 0 Å². The van der Waals surface area contributed by atoms with Gasteiger partial charge in [0.15, 0.2) is 0 Å². The van der Waals surface area contributed by atoms with Crippen LogP contribution < -0.4 is 0 Å². The van der Waals surface area contributed by atoms with Gasteiger partial charge in [-0.05, 0) is 54.3 Å². The third kappa shape index (κ3) is 5.47. The third-order valence-electron chi connectivity index (χ3n) is 4.86. The molecule has 0 bridgehead atoms. The van der Waals surface area contributed by atoms with Gasteiger partial charge in [-0.3, -0.25) is 9.69 Å². The number of rotatable bonds is 4. The van der Waals surface area contributed by atoms with Crippen LogP contribution in [0.15, 0.2) is 54.6 Å². The molecule has 1 amide bonds. The van der Waals surface area contributed by atoms with E-state index in [4.69, 9.17) is 0 Å². The van der Waals surface area contributed by atoms with E-state index in [0.29, 0.717) is 13.1 Å². The summed E-state index contributed by atoms with van der Waals surface area (Å²) in [5.74, 6) is -0.526. The standard InChI is InChI=1S/C22H24F2N2O/c1-17(19-5-9-21(24)10-6-19)15-22(27)26-12-2-11-25(13-14-26)16-18-3-7-20(23)8-4-18/h3-10,15H,2,11-14,16H2,1H3/b17-15-. The Kier molecular flexibility index (Phi) is 6.35. The van der Waals surface area contributed by atoms with Crippen LogP contribution in [-0.2, 0) is 11.3 Å². The minimum Gasteiger partial charge on any atom is -0.338 e. The van der Waals surface area contributed by atoms with Crippen LogP contribution >= 0.6 is 0 Å². The lowest BCUT2D eigenvalue weighted by Crippen LogP contribution is -2.34. The van der Waals surface area contributed by atoms with Crippen LogP contribution in [0.4, 0.5) is 8.78 Å². The number of carbonyl (C=O) groups excluding carboxylic acids is 1. The van der Waals surface area contributed by atoms with E-state index in [9.17, 15) is 13.6 Å². The second-order valence-corrected chi connectivity index (χ2v) is 6.92. The van der Waals surface area contributed by atoms with Gasteiger partial charge in [0.05, 0.1) is 0 Å². The van der Waals surface area contributed by atoms with Crippen molar-refractivity contribution in [1.29, 1.82) is 0 Å². The zero-order valence-corrected chi connectivity index (χ0v) is 15.5. The van der Waals surface area contributed by atoms with E-state index in [1.54, 1.807) is 30.3 Å². The molecule has 2 aromatic carbocycles. The van der Waals surface area contributed by atoms with Gasteiger partial charge in [0.25, 0.3) is 0 Å². The molecule has 0 spiro atoms. The lowest BCUT2D eigenvalue weighted by atomic mass is 10.1. The topological polar surface area (TPSA) is 23.6 Å². The summed E-state index contributed by atoms with van der Waals surface area (Å²) in [5, 5.41) is 0. The summed E-state index contributed by atoms with van der Waals surface area (Å²) in [6.07, 6.45) is 2.53.